The molecule has 0 amide bonds. The smallest absolute Gasteiger partial charge is 0.543 e. The average Bonchev–Trinajstić information content (AvgIpc) is 2.55. The number of carboxylic acid groups (broad SMARTS) is 2. The summed E-state index contributed by atoms with van der Waals surface area (Å²) in [7, 11) is 0. The number of halogens is 1. The van der Waals surface area contributed by atoms with Gasteiger partial charge in [-0.15, -0.1) is 6.58 Å². The number of pyridine rings is 1. The van der Waals surface area contributed by atoms with Crippen molar-refractivity contribution in [2.75, 3.05) is 0 Å². The van der Waals surface area contributed by atoms with E-state index in [0.29, 0.717) is 5.39 Å². The van der Waals surface area contributed by atoms with Crippen LogP contribution in [0.1, 0.15) is 26.6 Å². The first-order chi connectivity index (χ1) is 11.8. The minimum atomic E-state index is -1.65. The quantitative estimate of drug-likeness (QED) is 0.242. The van der Waals surface area contributed by atoms with Crippen LogP contribution in [0.3, 0.4) is 0 Å². The van der Waals surface area contributed by atoms with Crippen molar-refractivity contribution in [3.63, 3.8) is 0 Å². The Labute approximate surface area is 201 Å². The molecule has 0 aliphatic rings. The van der Waals surface area contributed by atoms with Crippen LogP contribution in [0.4, 0.5) is 0 Å². The maximum Gasteiger partial charge on any atom is 1.00 e. The maximum atomic E-state index is 12.2. The second kappa shape index (κ2) is 9.34. The van der Waals surface area contributed by atoms with E-state index in [-0.39, 0.29) is 92.6 Å². The molecule has 0 fully saturated rings. The minimum Gasteiger partial charge on any atom is -0.543 e. The second-order valence-corrected chi connectivity index (χ2v) is 5.57. The van der Waals surface area contributed by atoms with Crippen LogP contribution in [0.2, 0.25) is 5.02 Å². The van der Waals surface area contributed by atoms with Gasteiger partial charge in [-0.2, -0.15) is 0 Å². The Morgan fingerprint density at radius 2 is 1.81 bits per heavy atom. The molecule has 0 aliphatic carbocycles. The molecule has 0 saturated heterocycles. The van der Waals surface area contributed by atoms with E-state index < -0.39 is 28.8 Å². The zero-order chi connectivity index (χ0) is 18.3. The van der Waals surface area contributed by atoms with Crippen molar-refractivity contribution >= 4 is 45.4 Å². The molecule has 0 unspecified atom stereocenters. The molecular weight excluding hydrogens is 396 g/mol. The van der Waals surface area contributed by atoms with E-state index in [0.717, 1.165) is 12.1 Å². The number of aromatic nitrogens is 1. The van der Waals surface area contributed by atoms with Gasteiger partial charge in [0.25, 0.3) is 0 Å². The van der Waals surface area contributed by atoms with Crippen LogP contribution in [0.15, 0.2) is 40.1 Å². The van der Waals surface area contributed by atoms with E-state index >= 15 is 0 Å². The SMILES string of the molecule is C=CCc1c2nc(C(=O)[O-])cc(Cl)c2cc2c(=O)cc(C(=O)[O-])oc12.[Na+].[Na+]. The van der Waals surface area contributed by atoms with Gasteiger partial charge in [0.15, 0.2) is 11.2 Å². The van der Waals surface area contributed by atoms with Gasteiger partial charge in [0, 0.05) is 17.0 Å². The fourth-order valence-corrected chi connectivity index (χ4v) is 2.79. The normalized spacial score (nSPS) is 10.1. The summed E-state index contributed by atoms with van der Waals surface area (Å²) in [6.07, 6.45) is 1.61. The molecule has 7 nitrogen and oxygen atoms in total. The first-order valence-electron chi connectivity index (χ1n) is 6.97. The van der Waals surface area contributed by atoms with Crippen LogP contribution in [-0.2, 0) is 6.42 Å². The van der Waals surface area contributed by atoms with E-state index in [1.807, 2.05) is 0 Å². The van der Waals surface area contributed by atoms with Crippen LogP contribution < -0.4 is 74.8 Å². The van der Waals surface area contributed by atoms with Crippen molar-refractivity contribution in [2.24, 2.45) is 0 Å². The molecule has 0 bridgehead atoms. The molecule has 2 aromatic heterocycles. The number of carboxylic acids is 2. The van der Waals surface area contributed by atoms with Crippen molar-refractivity contribution in [2.45, 2.75) is 6.42 Å². The van der Waals surface area contributed by atoms with Crippen LogP contribution in [-0.4, -0.2) is 16.9 Å². The summed E-state index contributed by atoms with van der Waals surface area (Å²) in [5.41, 5.74) is -0.614. The number of hydrogen-bond acceptors (Lipinski definition) is 7. The molecule has 0 saturated carbocycles. The number of hydrogen-bond donors (Lipinski definition) is 0. The Morgan fingerprint density at radius 3 is 2.37 bits per heavy atom. The van der Waals surface area contributed by atoms with E-state index in [4.69, 9.17) is 16.0 Å². The van der Waals surface area contributed by atoms with Gasteiger partial charge in [-0.1, -0.05) is 17.7 Å². The predicted octanol–water partition coefficient (Wildman–Crippen LogP) is -5.54. The van der Waals surface area contributed by atoms with Gasteiger partial charge in [-0.05, 0) is 18.6 Å². The molecule has 0 atom stereocenters. The molecule has 0 spiro atoms. The summed E-state index contributed by atoms with van der Waals surface area (Å²) < 4.78 is 5.28. The zero-order valence-corrected chi connectivity index (χ0v) is 19.3. The fraction of sp³-hybridized carbons (Fsp3) is 0.0588. The number of allylic oxidation sites excluding steroid dienone is 1. The topological polar surface area (TPSA) is 123 Å². The van der Waals surface area contributed by atoms with Gasteiger partial charge in [0.1, 0.15) is 11.6 Å². The van der Waals surface area contributed by atoms with E-state index in [9.17, 15) is 24.6 Å². The van der Waals surface area contributed by atoms with E-state index in [1.54, 1.807) is 0 Å². The van der Waals surface area contributed by atoms with Crippen molar-refractivity contribution in [3.05, 3.63) is 63.1 Å². The van der Waals surface area contributed by atoms with Crippen LogP contribution in [0, 0.1) is 0 Å². The molecule has 3 aromatic rings. The molecule has 3 rings (SSSR count). The summed E-state index contributed by atoms with van der Waals surface area (Å²) in [6.45, 7) is 3.59. The Balaban J connectivity index is 0.00000182. The predicted molar refractivity (Wildman–Crippen MR) is 85.4 cm³/mol. The van der Waals surface area contributed by atoms with Gasteiger partial charge < -0.3 is 24.2 Å². The Morgan fingerprint density at radius 1 is 1.15 bits per heavy atom. The molecule has 27 heavy (non-hydrogen) atoms. The zero-order valence-electron chi connectivity index (χ0n) is 14.5. The molecule has 2 heterocycles. The number of rotatable bonds is 4. The molecular formula is C17H8ClNNa2O6. The Bertz CT molecular complexity index is 1140. The van der Waals surface area contributed by atoms with Gasteiger partial charge in [0.05, 0.1) is 27.6 Å². The van der Waals surface area contributed by atoms with Crippen molar-refractivity contribution in [1.82, 2.24) is 4.98 Å². The van der Waals surface area contributed by atoms with Gasteiger partial charge in [0.2, 0.25) is 0 Å². The number of carbonyl (C=O) groups is 2. The molecule has 10 heteroatoms. The number of carbonyl (C=O) groups excluding carboxylic acids is 2. The van der Waals surface area contributed by atoms with Crippen molar-refractivity contribution < 1.29 is 83.3 Å². The third-order valence-corrected chi connectivity index (χ3v) is 3.91. The first kappa shape index (κ1) is 23.8. The van der Waals surface area contributed by atoms with E-state index in [1.165, 1.54) is 12.1 Å². The molecule has 0 radical (unpaired) electrons. The monoisotopic (exact) mass is 403 g/mol. The van der Waals surface area contributed by atoms with Crippen molar-refractivity contribution in [3.8, 4) is 0 Å². The van der Waals surface area contributed by atoms with Crippen LogP contribution in [0.5, 0.6) is 0 Å². The van der Waals surface area contributed by atoms with Crippen LogP contribution >= 0.6 is 11.6 Å². The number of benzene rings is 1. The van der Waals surface area contributed by atoms with E-state index in [2.05, 4.69) is 11.6 Å². The Kier molecular flexibility index (Phi) is 8.25. The number of fused-ring (bicyclic) bond motifs is 2. The van der Waals surface area contributed by atoms with Crippen molar-refractivity contribution in [1.29, 1.82) is 0 Å². The molecule has 1 aromatic carbocycles. The largest absolute Gasteiger partial charge is 1.00 e. The van der Waals surface area contributed by atoms with Gasteiger partial charge in [-0.25, -0.2) is 4.98 Å². The Hall–Kier alpha value is -1.19. The van der Waals surface area contributed by atoms with Crippen LogP contribution in [0.25, 0.3) is 21.9 Å². The molecule has 126 valence electrons. The van der Waals surface area contributed by atoms with Gasteiger partial charge in [-0.3, -0.25) is 4.79 Å². The summed E-state index contributed by atoms with van der Waals surface area (Å²) >= 11 is 6.12. The molecule has 0 aliphatic heterocycles. The number of aromatic carboxylic acids is 2. The first-order valence-corrected chi connectivity index (χ1v) is 7.35. The van der Waals surface area contributed by atoms with Gasteiger partial charge >= 0.3 is 59.1 Å². The molecule has 0 N–H and O–H groups in total. The number of nitrogens with zero attached hydrogens (tertiary/aromatic N) is 1. The fourth-order valence-electron chi connectivity index (χ4n) is 2.55. The second-order valence-electron chi connectivity index (χ2n) is 5.16. The average molecular weight is 404 g/mol. The summed E-state index contributed by atoms with van der Waals surface area (Å²) in [5, 5.41) is 22.6. The third kappa shape index (κ3) is 4.46. The summed E-state index contributed by atoms with van der Waals surface area (Å²) in [4.78, 5) is 38.4. The summed E-state index contributed by atoms with van der Waals surface area (Å²) in [5.74, 6) is -3.83. The maximum absolute atomic E-state index is 12.2. The third-order valence-electron chi connectivity index (χ3n) is 3.60. The summed E-state index contributed by atoms with van der Waals surface area (Å²) in [6, 6.07) is 3.29. The minimum absolute atomic E-state index is 0. The standard InChI is InChI=1S/C17H10ClNO6.2Na/c1-2-3-7-14-8(10(18)5-11(19-14)16(21)22)4-9-12(20)6-13(17(23)24)25-15(7)9;;/h2,4-6H,1,3H2,(H,21,22)(H,23,24);;/q;2*+1/p-2.